The lowest BCUT2D eigenvalue weighted by Gasteiger charge is -2.32. The summed E-state index contributed by atoms with van der Waals surface area (Å²) in [5.41, 5.74) is 0. The lowest BCUT2D eigenvalue weighted by Crippen LogP contribution is -2.46. The second-order valence-corrected chi connectivity index (χ2v) is 5.94. The van der Waals surface area contributed by atoms with E-state index in [0.717, 1.165) is 19.6 Å². The third kappa shape index (κ3) is 5.67. The van der Waals surface area contributed by atoms with Crippen LogP contribution in [0, 0.1) is 5.92 Å². The van der Waals surface area contributed by atoms with E-state index in [-0.39, 0.29) is 30.4 Å². The van der Waals surface area contributed by atoms with E-state index in [9.17, 15) is 4.79 Å². The minimum absolute atomic E-state index is 0. The molecule has 0 radical (unpaired) electrons. The van der Waals surface area contributed by atoms with E-state index in [1.54, 1.807) is 0 Å². The summed E-state index contributed by atoms with van der Waals surface area (Å²) in [5.74, 6) is 0.972. The Morgan fingerprint density at radius 3 is 2.37 bits per heavy atom. The van der Waals surface area contributed by atoms with Gasteiger partial charge in [-0.1, -0.05) is 0 Å². The van der Waals surface area contributed by atoms with Gasteiger partial charge in [-0.15, -0.1) is 12.4 Å². The van der Waals surface area contributed by atoms with E-state index in [4.69, 9.17) is 0 Å². The van der Waals surface area contributed by atoms with Crippen LogP contribution in [0.2, 0.25) is 0 Å². The Bertz CT molecular complexity index is 263. The summed E-state index contributed by atoms with van der Waals surface area (Å²) in [6, 6.07) is 0.571. The Morgan fingerprint density at radius 1 is 1.32 bits per heavy atom. The van der Waals surface area contributed by atoms with Gasteiger partial charge in [-0.25, -0.2) is 0 Å². The highest BCUT2D eigenvalue weighted by Gasteiger charge is 2.27. The van der Waals surface area contributed by atoms with Crippen molar-refractivity contribution in [3.05, 3.63) is 0 Å². The van der Waals surface area contributed by atoms with E-state index < -0.39 is 0 Å². The smallest absolute Gasteiger partial charge is 0.237 e. The summed E-state index contributed by atoms with van der Waals surface area (Å²) in [6.45, 7) is 12.1. The van der Waals surface area contributed by atoms with Crippen LogP contribution in [0.15, 0.2) is 0 Å². The second kappa shape index (κ2) is 8.77. The normalized spacial score (nSPS) is 19.8. The highest BCUT2D eigenvalue weighted by Crippen LogP contribution is 2.16. The van der Waals surface area contributed by atoms with Gasteiger partial charge in [0, 0.05) is 18.6 Å². The van der Waals surface area contributed by atoms with Gasteiger partial charge in [0.1, 0.15) is 0 Å². The van der Waals surface area contributed by atoms with Crippen LogP contribution >= 0.6 is 12.4 Å². The first-order valence-corrected chi connectivity index (χ1v) is 7.13. The molecule has 0 saturated carbocycles. The van der Waals surface area contributed by atoms with Gasteiger partial charge in [0.05, 0.1) is 6.54 Å². The first kappa shape index (κ1) is 18.7. The molecule has 0 bridgehead atoms. The molecule has 0 aromatic rings. The van der Waals surface area contributed by atoms with Crippen LogP contribution in [-0.4, -0.2) is 61.0 Å². The first-order valence-electron chi connectivity index (χ1n) is 7.13. The largest absolute Gasteiger partial charge is 0.337 e. The molecular formula is C14H30ClN3O. The molecule has 1 amide bonds. The second-order valence-electron chi connectivity index (χ2n) is 5.94. The lowest BCUT2D eigenvalue weighted by molar-refractivity contribution is -0.135. The van der Waals surface area contributed by atoms with Gasteiger partial charge in [0.15, 0.2) is 0 Å². The van der Waals surface area contributed by atoms with Crippen molar-refractivity contribution in [3.63, 3.8) is 0 Å². The third-order valence-electron chi connectivity index (χ3n) is 3.62. The van der Waals surface area contributed by atoms with Crippen LogP contribution in [0.25, 0.3) is 0 Å². The Labute approximate surface area is 124 Å². The number of halogens is 1. The van der Waals surface area contributed by atoms with Crippen LogP contribution in [0.5, 0.6) is 0 Å². The van der Waals surface area contributed by atoms with Crippen molar-refractivity contribution in [2.75, 3.05) is 33.2 Å². The number of amides is 1. The van der Waals surface area contributed by atoms with Crippen LogP contribution in [-0.2, 0) is 4.79 Å². The van der Waals surface area contributed by atoms with Crippen LogP contribution in [0.4, 0.5) is 0 Å². The molecule has 19 heavy (non-hydrogen) atoms. The summed E-state index contributed by atoms with van der Waals surface area (Å²) < 4.78 is 0. The minimum Gasteiger partial charge on any atom is -0.337 e. The summed E-state index contributed by atoms with van der Waals surface area (Å²) in [5, 5.41) is 3.22. The van der Waals surface area contributed by atoms with Gasteiger partial charge in [-0.2, -0.15) is 0 Å². The number of nitrogens with zero attached hydrogens (tertiary/aromatic N) is 2. The molecule has 5 heteroatoms. The zero-order chi connectivity index (χ0) is 13.7. The number of hydrogen-bond acceptors (Lipinski definition) is 3. The van der Waals surface area contributed by atoms with Crippen molar-refractivity contribution >= 4 is 18.3 Å². The number of nitrogens with one attached hydrogen (secondary N) is 1. The molecule has 1 saturated heterocycles. The highest BCUT2D eigenvalue weighted by molar-refractivity contribution is 5.85. The number of hydrogen-bond donors (Lipinski definition) is 1. The molecule has 1 N–H and O–H groups in total. The fourth-order valence-corrected chi connectivity index (χ4v) is 2.96. The van der Waals surface area contributed by atoms with E-state index in [1.165, 1.54) is 6.42 Å². The Balaban J connectivity index is 0.00000324. The molecule has 4 nitrogen and oxygen atoms in total. The molecule has 0 spiro atoms. The molecule has 0 aliphatic carbocycles. The van der Waals surface area contributed by atoms with Crippen LogP contribution in [0.3, 0.4) is 0 Å². The highest BCUT2D eigenvalue weighted by atomic mass is 35.5. The molecule has 1 aliphatic rings. The molecule has 1 fully saturated rings. The quantitative estimate of drug-likeness (QED) is 0.807. The lowest BCUT2D eigenvalue weighted by atomic mass is 10.1. The standard InChI is InChI=1S/C14H29N3O.ClH/c1-11(2)17(12(3)4)14(18)10-16-7-6-13(9-16)8-15-5;/h11-13,15H,6-10H2,1-5H3;1H. The molecule has 1 rings (SSSR count). The van der Waals surface area contributed by atoms with Crippen molar-refractivity contribution < 1.29 is 4.79 Å². The number of rotatable bonds is 6. The molecule has 114 valence electrons. The number of likely N-dealkylation sites (tertiary alicyclic amines) is 1. The zero-order valence-corrected chi connectivity index (χ0v) is 13.8. The van der Waals surface area contributed by atoms with Gasteiger partial charge in [-0.05, 0) is 60.2 Å². The third-order valence-corrected chi connectivity index (χ3v) is 3.62. The predicted molar refractivity (Wildman–Crippen MR) is 82.8 cm³/mol. The summed E-state index contributed by atoms with van der Waals surface area (Å²) in [7, 11) is 1.99. The topological polar surface area (TPSA) is 35.6 Å². The molecule has 1 atom stereocenters. The molecule has 0 aromatic carbocycles. The summed E-state index contributed by atoms with van der Waals surface area (Å²) >= 11 is 0. The molecule has 1 aliphatic heterocycles. The maximum atomic E-state index is 12.3. The van der Waals surface area contributed by atoms with Crippen molar-refractivity contribution in [2.45, 2.75) is 46.2 Å². The Kier molecular flexibility index (Phi) is 8.62. The van der Waals surface area contributed by atoms with Crippen molar-refractivity contribution in [1.82, 2.24) is 15.1 Å². The zero-order valence-electron chi connectivity index (χ0n) is 13.0. The van der Waals surface area contributed by atoms with E-state index in [2.05, 4.69) is 37.9 Å². The van der Waals surface area contributed by atoms with E-state index in [1.807, 2.05) is 11.9 Å². The average molecular weight is 292 g/mol. The van der Waals surface area contributed by atoms with E-state index >= 15 is 0 Å². The Hall–Kier alpha value is -0.320. The average Bonchev–Trinajstić information content (AvgIpc) is 2.64. The van der Waals surface area contributed by atoms with Crippen molar-refractivity contribution in [2.24, 2.45) is 5.92 Å². The van der Waals surface area contributed by atoms with Gasteiger partial charge in [0.25, 0.3) is 0 Å². The van der Waals surface area contributed by atoms with Gasteiger partial charge >= 0.3 is 0 Å². The SMILES string of the molecule is CNCC1CCN(CC(=O)N(C(C)C)C(C)C)C1.Cl. The van der Waals surface area contributed by atoms with Crippen LogP contribution < -0.4 is 5.32 Å². The van der Waals surface area contributed by atoms with Crippen molar-refractivity contribution in [1.29, 1.82) is 0 Å². The van der Waals surface area contributed by atoms with Crippen molar-refractivity contribution in [3.8, 4) is 0 Å². The fraction of sp³-hybridized carbons (Fsp3) is 0.929. The Morgan fingerprint density at radius 2 is 1.89 bits per heavy atom. The van der Waals surface area contributed by atoms with Gasteiger partial charge in [-0.3, -0.25) is 9.69 Å². The minimum atomic E-state index is 0. The molecular weight excluding hydrogens is 262 g/mol. The predicted octanol–water partition coefficient (Wildman–Crippen LogP) is 1.59. The number of carbonyl (C=O) groups is 1. The maximum absolute atomic E-state index is 12.3. The fourth-order valence-electron chi connectivity index (χ4n) is 2.96. The summed E-state index contributed by atoms with van der Waals surface area (Å²) in [6.07, 6.45) is 1.21. The maximum Gasteiger partial charge on any atom is 0.237 e. The molecule has 1 heterocycles. The molecule has 0 aromatic heterocycles. The molecule has 1 unspecified atom stereocenters. The van der Waals surface area contributed by atoms with Crippen LogP contribution in [0.1, 0.15) is 34.1 Å². The number of carbonyl (C=O) groups excluding carboxylic acids is 1. The van der Waals surface area contributed by atoms with Gasteiger partial charge < -0.3 is 10.2 Å². The first-order chi connectivity index (χ1) is 8.45. The monoisotopic (exact) mass is 291 g/mol. The van der Waals surface area contributed by atoms with Gasteiger partial charge in [0.2, 0.25) is 5.91 Å². The van der Waals surface area contributed by atoms with E-state index in [0.29, 0.717) is 12.5 Å². The summed E-state index contributed by atoms with van der Waals surface area (Å²) in [4.78, 5) is 16.6.